The molecule has 6 nitrogen and oxygen atoms in total. The third-order valence-electron chi connectivity index (χ3n) is 4.81. The van der Waals surface area contributed by atoms with Crippen LogP contribution in [0.2, 0.25) is 0 Å². The molecule has 1 heterocycles. The van der Waals surface area contributed by atoms with Crippen LogP contribution in [0.1, 0.15) is 11.1 Å². The van der Waals surface area contributed by atoms with Gasteiger partial charge in [-0.05, 0) is 42.8 Å². The summed E-state index contributed by atoms with van der Waals surface area (Å²) < 4.78 is 1.55. The Bertz CT molecular complexity index is 1380. The predicted octanol–water partition coefficient (Wildman–Crippen LogP) is 4.60. The highest BCUT2D eigenvalue weighted by atomic mass is 32.2. The standard InChI is InChI=1S/C26H22N4O2S/c1-19-13-15-21(16-14-19)30-25(32)22-11-5-6-12-23(22)28-26(30)33-18-24(31)29-27-17-7-10-20-8-3-2-4-9-20/h2-17H,18H2,1H3,(H,29,31)/b10-7+,27-17-. The van der Waals surface area contributed by atoms with Gasteiger partial charge in [0, 0.05) is 6.21 Å². The van der Waals surface area contributed by atoms with Crippen LogP contribution < -0.4 is 11.0 Å². The summed E-state index contributed by atoms with van der Waals surface area (Å²) in [5, 5.41) is 4.92. The molecule has 0 saturated carbocycles. The summed E-state index contributed by atoms with van der Waals surface area (Å²) in [5.74, 6) is -0.224. The van der Waals surface area contributed by atoms with Gasteiger partial charge < -0.3 is 0 Å². The number of fused-ring (bicyclic) bond motifs is 1. The lowest BCUT2D eigenvalue weighted by Gasteiger charge is -2.13. The van der Waals surface area contributed by atoms with Gasteiger partial charge in [0.15, 0.2) is 5.16 Å². The van der Waals surface area contributed by atoms with Crippen LogP contribution in [-0.2, 0) is 4.79 Å². The Morgan fingerprint density at radius 2 is 1.76 bits per heavy atom. The van der Waals surface area contributed by atoms with Crippen molar-refractivity contribution in [1.29, 1.82) is 0 Å². The fourth-order valence-corrected chi connectivity index (χ4v) is 3.97. The monoisotopic (exact) mass is 454 g/mol. The van der Waals surface area contributed by atoms with E-state index < -0.39 is 0 Å². The van der Waals surface area contributed by atoms with E-state index in [0.717, 1.165) is 11.1 Å². The molecule has 1 N–H and O–H groups in total. The smallest absolute Gasteiger partial charge is 0.266 e. The summed E-state index contributed by atoms with van der Waals surface area (Å²) in [6.07, 6.45) is 5.17. The second kappa shape index (κ2) is 10.6. The minimum absolute atomic E-state index is 0.0659. The third kappa shape index (κ3) is 5.64. The Morgan fingerprint density at radius 3 is 2.55 bits per heavy atom. The summed E-state index contributed by atoms with van der Waals surface area (Å²) in [6, 6.07) is 24.6. The molecule has 4 rings (SSSR count). The number of nitrogens with zero attached hydrogens (tertiary/aromatic N) is 3. The lowest BCUT2D eigenvalue weighted by atomic mass is 10.2. The van der Waals surface area contributed by atoms with E-state index in [-0.39, 0.29) is 17.2 Å². The summed E-state index contributed by atoms with van der Waals surface area (Å²) >= 11 is 1.19. The zero-order valence-corrected chi connectivity index (χ0v) is 18.8. The zero-order chi connectivity index (χ0) is 23.0. The lowest BCUT2D eigenvalue weighted by Crippen LogP contribution is -2.24. The van der Waals surface area contributed by atoms with Gasteiger partial charge in [-0.25, -0.2) is 10.4 Å². The van der Waals surface area contributed by atoms with Crippen molar-refractivity contribution in [3.63, 3.8) is 0 Å². The van der Waals surface area contributed by atoms with Gasteiger partial charge in [-0.3, -0.25) is 14.2 Å². The van der Waals surface area contributed by atoms with E-state index in [1.54, 1.807) is 22.8 Å². The number of allylic oxidation sites excluding steroid dienone is 1. The van der Waals surface area contributed by atoms with Crippen LogP contribution in [0.4, 0.5) is 0 Å². The van der Waals surface area contributed by atoms with Crippen LogP contribution in [0.25, 0.3) is 22.7 Å². The van der Waals surface area contributed by atoms with E-state index >= 15 is 0 Å². The first kappa shape index (κ1) is 22.2. The van der Waals surface area contributed by atoms with Gasteiger partial charge in [-0.15, -0.1) is 0 Å². The number of hydrogen-bond donors (Lipinski definition) is 1. The number of hydrogen-bond acceptors (Lipinski definition) is 5. The van der Waals surface area contributed by atoms with Crippen molar-refractivity contribution in [2.75, 3.05) is 5.75 Å². The number of carbonyl (C=O) groups excluding carboxylic acids is 1. The van der Waals surface area contributed by atoms with Crippen molar-refractivity contribution in [1.82, 2.24) is 15.0 Å². The zero-order valence-electron chi connectivity index (χ0n) is 18.0. The van der Waals surface area contributed by atoms with Crippen LogP contribution in [0.3, 0.4) is 0 Å². The van der Waals surface area contributed by atoms with Crippen molar-refractivity contribution in [2.24, 2.45) is 5.10 Å². The minimum atomic E-state index is -0.290. The number of nitrogens with one attached hydrogen (secondary N) is 1. The number of para-hydroxylation sites is 1. The number of amides is 1. The maximum absolute atomic E-state index is 13.2. The van der Waals surface area contributed by atoms with Crippen molar-refractivity contribution < 1.29 is 4.79 Å². The van der Waals surface area contributed by atoms with E-state index in [1.807, 2.05) is 79.7 Å². The summed E-state index contributed by atoms with van der Waals surface area (Å²) in [6.45, 7) is 1.99. The molecule has 0 aliphatic heterocycles. The summed E-state index contributed by atoms with van der Waals surface area (Å²) in [7, 11) is 0. The highest BCUT2D eigenvalue weighted by Gasteiger charge is 2.14. The predicted molar refractivity (Wildman–Crippen MR) is 135 cm³/mol. The molecular weight excluding hydrogens is 432 g/mol. The van der Waals surface area contributed by atoms with Gasteiger partial charge in [0.2, 0.25) is 0 Å². The third-order valence-corrected chi connectivity index (χ3v) is 5.75. The maximum atomic E-state index is 13.2. The molecule has 0 aliphatic rings. The molecule has 0 aliphatic carbocycles. The first-order chi connectivity index (χ1) is 16.1. The number of aryl methyl sites for hydroxylation is 1. The fraction of sp³-hybridized carbons (Fsp3) is 0.0769. The molecule has 0 saturated heterocycles. The fourth-order valence-electron chi connectivity index (χ4n) is 3.16. The first-order valence-corrected chi connectivity index (χ1v) is 11.4. The Labute approximate surface area is 195 Å². The summed E-state index contributed by atoms with van der Waals surface area (Å²) in [4.78, 5) is 30.2. The molecule has 1 amide bonds. The van der Waals surface area contributed by atoms with Crippen LogP contribution in [-0.4, -0.2) is 27.4 Å². The average molecular weight is 455 g/mol. The van der Waals surface area contributed by atoms with E-state index in [2.05, 4.69) is 15.5 Å². The van der Waals surface area contributed by atoms with Crippen LogP contribution in [0, 0.1) is 6.92 Å². The molecule has 7 heteroatoms. The minimum Gasteiger partial charge on any atom is -0.272 e. The Kier molecular flexibility index (Phi) is 7.12. The normalized spacial score (nSPS) is 11.4. The molecule has 1 aromatic heterocycles. The van der Waals surface area contributed by atoms with Crippen LogP contribution >= 0.6 is 11.8 Å². The molecule has 33 heavy (non-hydrogen) atoms. The van der Waals surface area contributed by atoms with Crippen molar-refractivity contribution >= 4 is 40.9 Å². The van der Waals surface area contributed by atoms with E-state index in [1.165, 1.54) is 18.0 Å². The van der Waals surface area contributed by atoms with E-state index in [9.17, 15) is 9.59 Å². The number of carbonyl (C=O) groups is 1. The number of benzene rings is 3. The van der Waals surface area contributed by atoms with E-state index in [0.29, 0.717) is 21.7 Å². The highest BCUT2D eigenvalue weighted by Crippen LogP contribution is 2.21. The maximum Gasteiger partial charge on any atom is 0.266 e. The molecule has 0 unspecified atom stereocenters. The second-order valence-corrected chi connectivity index (χ2v) is 8.20. The molecule has 0 fully saturated rings. The number of hydrazone groups is 1. The quantitative estimate of drug-likeness (QED) is 0.192. The largest absolute Gasteiger partial charge is 0.272 e. The van der Waals surface area contributed by atoms with Crippen molar-refractivity contribution in [3.05, 3.63) is 106 Å². The van der Waals surface area contributed by atoms with Gasteiger partial charge in [-0.2, -0.15) is 5.10 Å². The first-order valence-electron chi connectivity index (χ1n) is 10.4. The SMILES string of the molecule is Cc1ccc(-n2c(SCC(=O)N/N=C\C=C\c3ccccc3)nc3ccccc3c2=O)cc1. The Balaban J connectivity index is 1.49. The topological polar surface area (TPSA) is 76.3 Å². The van der Waals surface area contributed by atoms with Gasteiger partial charge in [0.25, 0.3) is 11.5 Å². The van der Waals surface area contributed by atoms with Gasteiger partial charge >= 0.3 is 0 Å². The second-order valence-electron chi connectivity index (χ2n) is 7.26. The van der Waals surface area contributed by atoms with E-state index in [4.69, 9.17) is 0 Å². The number of thioether (sulfide) groups is 1. The number of rotatable bonds is 7. The molecule has 0 spiro atoms. The van der Waals surface area contributed by atoms with Crippen LogP contribution in [0.5, 0.6) is 0 Å². The Morgan fingerprint density at radius 1 is 1.03 bits per heavy atom. The molecule has 0 atom stereocenters. The Hall–Kier alpha value is -3.97. The van der Waals surface area contributed by atoms with Crippen molar-refractivity contribution in [3.8, 4) is 5.69 Å². The lowest BCUT2D eigenvalue weighted by molar-refractivity contribution is -0.118. The molecular formula is C26H22N4O2S. The van der Waals surface area contributed by atoms with Gasteiger partial charge in [-0.1, -0.05) is 78.0 Å². The number of aromatic nitrogens is 2. The molecule has 3 aromatic carbocycles. The average Bonchev–Trinajstić information content (AvgIpc) is 2.84. The molecule has 0 bridgehead atoms. The van der Waals surface area contributed by atoms with Crippen LogP contribution in [0.15, 0.2) is 100.0 Å². The van der Waals surface area contributed by atoms with Gasteiger partial charge in [0.1, 0.15) is 0 Å². The van der Waals surface area contributed by atoms with Gasteiger partial charge in [0.05, 0.1) is 22.3 Å². The molecule has 164 valence electrons. The van der Waals surface area contributed by atoms with Crippen molar-refractivity contribution in [2.45, 2.75) is 12.1 Å². The molecule has 0 radical (unpaired) electrons. The molecule has 4 aromatic rings. The highest BCUT2D eigenvalue weighted by molar-refractivity contribution is 7.99. The summed E-state index contributed by atoms with van der Waals surface area (Å²) in [5.41, 5.74) is 5.77.